The Morgan fingerprint density at radius 1 is 1.00 bits per heavy atom. The molecular formula is C19H18ClFN6O. The fourth-order valence-corrected chi connectivity index (χ4v) is 3.23. The maximum atomic E-state index is 13.1. The predicted octanol–water partition coefficient (Wildman–Crippen LogP) is 3.30. The highest BCUT2D eigenvalue weighted by Gasteiger charge is 2.26. The predicted molar refractivity (Wildman–Crippen MR) is 106 cm³/mol. The Morgan fingerprint density at radius 3 is 2.36 bits per heavy atom. The molecule has 0 radical (unpaired) electrons. The minimum atomic E-state index is -0.260. The molecule has 144 valence electrons. The molecule has 7 nitrogen and oxygen atoms in total. The van der Waals surface area contributed by atoms with Crippen molar-refractivity contribution >= 4 is 34.7 Å². The van der Waals surface area contributed by atoms with E-state index in [9.17, 15) is 9.18 Å². The van der Waals surface area contributed by atoms with E-state index in [2.05, 4.69) is 25.6 Å². The highest BCUT2D eigenvalue weighted by molar-refractivity contribution is 6.30. The standard InChI is InChI=1S/C19H18ClFN6O/c20-13-1-5-15(6-2-13)22-18-17(23-25-24-18)19(28)27-11-9-26(10-12-27)16-7-3-14(21)4-8-16/h1-8H,9-12H2,(H2,22,23,24,25). The van der Waals surface area contributed by atoms with E-state index in [1.165, 1.54) is 12.1 Å². The molecule has 9 heteroatoms. The number of hydrogen-bond acceptors (Lipinski definition) is 5. The zero-order valence-corrected chi connectivity index (χ0v) is 15.7. The number of anilines is 3. The lowest BCUT2D eigenvalue weighted by Gasteiger charge is -2.35. The Hall–Kier alpha value is -3.13. The summed E-state index contributed by atoms with van der Waals surface area (Å²) in [4.78, 5) is 16.8. The van der Waals surface area contributed by atoms with Gasteiger partial charge in [-0.2, -0.15) is 5.21 Å². The Kier molecular flexibility index (Phi) is 5.12. The fourth-order valence-electron chi connectivity index (χ4n) is 3.11. The Morgan fingerprint density at radius 2 is 1.68 bits per heavy atom. The zero-order chi connectivity index (χ0) is 19.5. The minimum Gasteiger partial charge on any atom is -0.368 e. The Labute approximate surface area is 166 Å². The third-order valence-corrected chi connectivity index (χ3v) is 4.87. The van der Waals surface area contributed by atoms with E-state index >= 15 is 0 Å². The van der Waals surface area contributed by atoms with Crippen LogP contribution in [0.1, 0.15) is 10.5 Å². The van der Waals surface area contributed by atoms with Gasteiger partial charge >= 0.3 is 0 Å². The number of carbonyl (C=O) groups is 1. The van der Waals surface area contributed by atoms with Crippen LogP contribution in [0.15, 0.2) is 48.5 Å². The molecule has 0 atom stereocenters. The Bertz CT molecular complexity index is 951. The molecule has 0 aliphatic carbocycles. The molecule has 3 aromatic rings. The molecule has 28 heavy (non-hydrogen) atoms. The summed E-state index contributed by atoms with van der Waals surface area (Å²) >= 11 is 5.90. The van der Waals surface area contributed by atoms with E-state index in [1.54, 1.807) is 41.3 Å². The lowest BCUT2D eigenvalue weighted by molar-refractivity contribution is 0.0742. The average molecular weight is 401 g/mol. The van der Waals surface area contributed by atoms with Crippen molar-refractivity contribution in [2.24, 2.45) is 0 Å². The van der Waals surface area contributed by atoms with Crippen LogP contribution in [0.5, 0.6) is 0 Å². The number of amides is 1. The summed E-state index contributed by atoms with van der Waals surface area (Å²) in [5.41, 5.74) is 1.94. The summed E-state index contributed by atoms with van der Waals surface area (Å²) in [5.74, 6) is -0.0819. The first kappa shape index (κ1) is 18.2. The molecule has 1 saturated heterocycles. The maximum Gasteiger partial charge on any atom is 0.278 e. The summed E-state index contributed by atoms with van der Waals surface area (Å²) in [6.45, 7) is 2.41. The number of H-pyrrole nitrogens is 1. The zero-order valence-electron chi connectivity index (χ0n) is 14.9. The number of piperazine rings is 1. The molecule has 2 heterocycles. The normalized spacial score (nSPS) is 14.2. The topological polar surface area (TPSA) is 77.1 Å². The van der Waals surface area contributed by atoms with Gasteiger partial charge in [0.2, 0.25) is 0 Å². The number of halogens is 2. The number of carbonyl (C=O) groups excluding carboxylic acids is 1. The van der Waals surface area contributed by atoms with E-state index in [0.717, 1.165) is 11.4 Å². The van der Waals surface area contributed by atoms with Gasteiger partial charge in [-0.25, -0.2) is 4.39 Å². The average Bonchev–Trinajstić information content (AvgIpc) is 3.18. The van der Waals surface area contributed by atoms with Crippen molar-refractivity contribution in [1.82, 2.24) is 20.3 Å². The second-order valence-electron chi connectivity index (χ2n) is 6.41. The molecule has 0 bridgehead atoms. The number of rotatable bonds is 4. The van der Waals surface area contributed by atoms with Crippen molar-refractivity contribution in [3.8, 4) is 0 Å². The van der Waals surface area contributed by atoms with Crippen LogP contribution < -0.4 is 10.2 Å². The molecule has 4 rings (SSSR count). The number of hydrogen-bond donors (Lipinski definition) is 2. The van der Waals surface area contributed by atoms with E-state index in [-0.39, 0.29) is 17.4 Å². The van der Waals surface area contributed by atoms with Crippen LogP contribution in [0.3, 0.4) is 0 Å². The summed E-state index contributed by atoms with van der Waals surface area (Å²) in [6.07, 6.45) is 0. The van der Waals surface area contributed by atoms with Gasteiger partial charge in [-0.15, -0.1) is 10.2 Å². The van der Waals surface area contributed by atoms with E-state index < -0.39 is 0 Å². The molecule has 2 N–H and O–H groups in total. The van der Waals surface area contributed by atoms with Gasteiger partial charge in [0.05, 0.1) is 0 Å². The van der Waals surface area contributed by atoms with Crippen molar-refractivity contribution < 1.29 is 9.18 Å². The van der Waals surface area contributed by atoms with E-state index in [1.807, 2.05) is 0 Å². The molecule has 0 unspecified atom stereocenters. The summed E-state index contributed by atoms with van der Waals surface area (Å²) in [5, 5.41) is 14.3. The quantitative estimate of drug-likeness (QED) is 0.702. The van der Waals surface area contributed by atoms with Crippen molar-refractivity contribution in [2.75, 3.05) is 36.4 Å². The van der Waals surface area contributed by atoms with Crippen LogP contribution in [0.4, 0.5) is 21.6 Å². The van der Waals surface area contributed by atoms with Crippen molar-refractivity contribution in [3.63, 3.8) is 0 Å². The van der Waals surface area contributed by atoms with Gasteiger partial charge < -0.3 is 15.1 Å². The number of nitrogens with zero attached hydrogens (tertiary/aromatic N) is 4. The molecular weight excluding hydrogens is 383 g/mol. The third kappa shape index (κ3) is 3.91. The van der Waals surface area contributed by atoms with Crippen LogP contribution in [0.25, 0.3) is 0 Å². The van der Waals surface area contributed by atoms with E-state index in [4.69, 9.17) is 11.6 Å². The Balaban J connectivity index is 1.41. The van der Waals surface area contributed by atoms with Crippen LogP contribution in [0.2, 0.25) is 5.02 Å². The highest BCUT2D eigenvalue weighted by Crippen LogP contribution is 2.22. The second kappa shape index (κ2) is 7.85. The molecule has 1 fully saturated rings. The van der Waals surface area contributed by atoms with Gasteiger partial charge in [0.1, 0.15) is 5.82 Å². The smallest absolute Gasteiger partial charge is 0.278 e. The van der Waals surface area contributed by atoms with Crippen LogP contribution in [-0.2, 0) is 0 Å². The molecule has 1 aromatic heterocycles. The first-order chi connectivity index (χ1) is 13.6. The highest BCUT2D eigenvalue weighted by atomic mass is 35.5. The van der Waals surface area contributed by atoms with Crippen molar-refractivity contribution in [3.05, 3.63) is 65.1 Å². The lowest BCUT2D eigenvalue weighted by Crippen LogP contribution is -2.49. The third-order valence-electron chi connectivity index (χ3n) is 4.62. The molecule has 1 amide bonds. The monoisotopic (exact) mass is 400 g/mol. The molecule has 2 aromatic carbocycles. The largest absolute Gasteiger partial charge is 0.368 e. The molecule has 1 aliphatic rings. The van der Waals surface area contributed by atoms with Gasteiger partial charge in [-0.1, -0.05) is 11.6 Å². The molecule has 0 saturated carbocycles. The first-order valence-electron chi connectivity index (χ1n) is 8.83. The number of aromatic nitrogens is 3. The van der Waals surface area contributed by atoms with Gasteiger partial charge in [0, 0.05) is 42.6 Å². The summed E-state index contributed by atoms with van der Waals surface area (Å²) in [7, 11) is 0. The molecule has 0 spiro atoms. The summed E-state index contributed by atoms with van der Waals surface area (Å²) in [6, 6.07) is 13.5. The molecule has 1 aliphatic heterocycles. The van der Waals surface area contributed by atoms with E-state index in [0.29, 0.717) is 37.0 Å². The van der Waals surface area contributed by atoms with Gasteiger partial charge in [-0.3, -0.25) is 4.79 Å². The van der Waals surface area contributed by atoms with Gasteiger partial charge in [-0.05, 0) is 48.5 Å². The first-order valence-corrected chi connectivity index (χ1v) is 9.21. The fraction of sp³-hybridized carbons (Fsp3) is 0.211. The minimum absolute atomic E-state index is 0.191. The number of benzene rings is 2. The van der Waals surface area contributed by atoms with Crippen LogP contribution in [0, 0.1) is 5.82 Å². The van der Waals surface area contributed by atoms with Crippen molar-refractivity contribution in [1.29, 1.82) is 0 Å². The summed E-state index contributed by atoms with van der Waals surface area (Å²) < 4.78 is 13.1. The van der Waals surface area contributed by atoms with Crippen LogP contribution in [-0.4, -0.2) is 52.4 Å². The van der Waals surface area contributed by atoms with Crippen LogP contribution >= 0.6 is 11.6 Å². The number of nitrogens with one attached hydrogen (secondary N) is 2. The van der Waals surface area contributed by atoms with Gasteiger partial charge in [0.15, 0.2) is 11.5 Å². The number of aromatic amines is 1. The second-order valence-corrected chi connectivity index (χ2v) is 6.84. The van der Waals surface area contributed by atoms with Crippen molar-refractivity contribution in [2.45, 2.75) is 0 Å². The SMILES string of the molecule is O=C(c1n[nH]nc1Nc1ccc(Cl)cc1)N1CCN(c2ccc(F)cc2)CC1. The maximum absolute atomic E-state index is 13.1. The van der Waals surface area contributed by atoms with Gasteiger partial charge in [0.25, 0.3) is 5.91 Å². The lowest BCUT2D eigenvalue weighted by atomic mass is 10.2.